The van der Waals surface area contributed by atoms with Crippen LogP contribution in [-0.4, -0.2) is 50.8 Å². The first-order chi connectivity index (χ1) is 15.1. The topological polar surface area (TPSA) is 143 Å². The van der Waals surface area contributed by atoms with E-state index >= 15 is 0 Å². The number of carbonyl (C=O) groups is 3. The number of nitrogens with one attached hydrogen (secondary N) is 3. The summed E-state index contributed by atoms with van der Waals surface area (Å²) in [5.41, 5.74) is 0.784. The first kappa shape index (κ1) is 19.9. The van der Waals surface area contributed by atoms with Gasteiger partial charge in [-0.15, -0.1) is 0 Å². The number of amides is 2. The lowest BCUT2D eigenvalue weighted by Crippen LogP contribution is -2.38. The van der Waals surface area contributed by atoms with Gasteiger partial charge in [-0.25, -0.2) is 4.39 Å². The van der Waals surface area contributed by atoms with E-state index in [1.54, 1.807) is 18.2 Å². The van der Waals surface area contributed by atoms with Crippen molar-refractivity contribution in [3.63, 3.8) is 0 Å². The van der Waals surface area contributed by atoms with Crippen LogP contribution in [0.3, 0.4) is 0 Å². The van der Waals surface area contributed by atoms with Gasteiger partial charge in [0.15, 0.2) is 0 Å². The molecule has 0 saturated heterocycles. The molecule has 156 valence electrons. The van der Waals surface area contributed by atoms with Crippen molar-refractivity contribution in [3.8, 4) is 11.4 Å². The number of aromatic amines is 1. The molecule has 0 aliphatic heterocycles. The summed E-state index contributed by atoms with van der Waals surface area (Å²) >= 11 is 0. The number of hydrogen-bond acceptors (Lipinski definition) is 7. The summed E-state index contributed by atoms with van der Waals surface area (Å²) in [5, 5.41) is 8.64. The van der Waals surface area contributed by atoms with Gasteiger partial charge < -0.3 is 20.1 Å². The molecule has 0 aliphatic rings. The maximum atomic E-state index is 14.5. The van der Waals surface area contributed by atoms with E-state index < -0.39 is 23.4 Å². The number of H-pyrrole nitrogens is 1. The van der Waals surface area contributed by atoms with Crippen molar-refractivity contribution < 1.29 is 23.3 Å². The van der Waals surface area contributed by atoms with Crippen LogP contribution in [0.5, 0.6) is 0 Å². The van der Waals surface area contributed by atoms with E-state index in [1.807, 2.05) is 0 Å². The zero-order chi connectivity index (χ0) is 21.8. The van der Waals surface area contributed by atoms with Gasteiger partial charge in [-0.2, -0.15) is 4.98 Å². The van der Waals surface area contributed by atoms with Crippen LogP contribution in [-0.2, 0) is 4.79 Å². The van der Waals surface area contributed by atoms with Gasteiger partial charge in [-0.3, -0.25) is 19.4 Å². The quantitative estimate of drug-likeness (QED) is 0.233. The minimum atomic E-state index is -0.933. The number of ketones is 1. The molecule has 11 heteroatoms. The van der Waals surface area contributed by atoms with E-state index in [4.69, 9.17) is 4.52 Å². The highest BCUT2D eigenvalue weighted by molar-refractivity contribution is 6.45. The fraction of sp³-hybridized carbons (Fsp3) is 0.100. The van der Waals surface area contributed by atoms with Crippen LogP contribution in [0.15, 0.2) is 53.6 Å². The Morgan fingerprint density at radius 2 is 1.90 bits per heavy atom. The van der Waals surface area contributed by atoms with Crippen molar-refractivity contribution in [2.24, 2.45) is 0 Å². The first-order valence-electron chi connectivity index (χ1n) is 9.14. The van der Waals surface area contributed by atoms with E-state index in [0.29, 0.717) is 5.56 Å². The molecule has 0 unspecified atom stereocenters. The number of halogens is 1. The zero-order valence-corrected chi connectivity index (χ0v) is 15.9. The number of benzene rings is 1. The van der Waals surface area contributed by atoms with Crippen molar-refractivity contribution in [1.29, 1.82) is 0 Å². The molecule has 0 aliphatic carbocycles. The highest BCUT2D eigenvalue weighted by atomic mass is 19.1. The highest BCUT2D eigenvalue weighted by Crippen LogP contribution is 2.30. The minimum Gasteiger partial charge on any atom is -0.360 e. The van der Waals surface area contributed by atoms with Gasteiger partial charge in [0.05, 0.1) is 11.1 Å². The number of pyridine rings is 1. The molecule has 3 N–H and O–H groups in total. The molecule has 3 aromatic heterocycles. The Hall–Kier alpha value is -4.41. The average molecular weight is 422 g/mol. The molecule has 2 amide bonds. The second-order valence-corrected chi connectivity index (χ2v) is 6.36. The number of nitrogens with zero attached hydrogens (tertiary/aromatic N) is 3. The van der Waals surface area contributed by atoms with E-state index in [-0.39, 0.29) is 41.1 Å². The van der Waals surface area contributed by atoms with Crippen LogP contribution >= 0.6 is 0 Å². The number of fused-ring (bicyclic) bond motifs is 1. The maximum Gasteiger partial charge on any atom is 0.292 e. The van der Waals surface area contributed by atoms with Gasteiger partial charge in [0, 0.05) is 36.4 Å². The SMILES string of the molecule is O=C(NCCNC(=O)c1ccccn1)C(=O)c1c[nH]c2c(-c3ncon3)ccc(F)c12. The van der Waals surface area contributed by atoms with E-state index in [2.05, 4.69) is 30.7 Å². The van der Waals surface area contributed by atoms with Crippen LogP contribution in [0.4, 0.5) is 4.39 Å². The standard InChI is InChI=1S/C20H15FN6O4/c21-13-5-4-11(18-26-10-31-27-18)16-15(13)12(9-25-16)17(28)20(30)24-8-7-23-19(29)14-3-1-2-6-22-14/h1-6,9-10,25H,7-8H2,(H,23,29)(H,24,30). The first-order valence-corrected chi connectivity index (χ1v) is 9.14. The molecule has 0 atom stereocenters. The minimum absolute atomic E-state index is 0.00208. The molecule has 3 heterocycles. The average Bonchev–Trinajstić information content (AvgIpc) is 3.48. The van der Waals surface area contributed by atoms with Gasteiger partial charge in [0.25, 0.3) is 17.6 Å². The lowest BCUT2D eigenvalue weighted by atomic mass is 10.0. The number of carbonyl (C=O) groups excluding carboxylic acids is 3. The third-order valence-corrected chi connectivity index (χ3v) is 4.43. The Bertz CT molecular complexity index is 1250. The number of rotatable bonds is 7. The lowest BCUT2D eigenvalue weighted by Gasteiger charge is -2.06. The van der Waals surface area contributed by atoms with Crippen LogP contribution in [0, 0.1) is 5.82 Å². The van der Waals surface area contributed by atoms with E-state index in [9.17, 15) is 18.8 Å². The Morgan fingerprint density at radius 3 is 2.65 bits per heavy atom. The summed E-state index contributed by atoms with van der Waals surface area (Å²) in [6.07, 6.45) is 3.86. The molecule has 31 heavy (non-hydrogen) atoms. The molecule has 1 aromatic carbocycles. The second kappa shape index (κ2) is 8.53. The summed E-state index contributed by atoms with van der Waals surface area (Å²) in [7, 11) is 0. The Kier molecular flexibility index (Phi) is 5.47. The van der Waals surface area contributed by atoms with E-state index in [1.165, 1.54) is 18.5 Å². The second-order valence-electron chi connectivity index (χ2n) is 6.36. The summed E-state index contributed by atoms with van der Waals surface area (Å²) in [4.78, 5) is 47.4. The highest BCUT2D eigenvalue weighted by Gasteiger charge is 2.24. The van der Waals surface area contributed by atoms with Gasteiger partial charge in [-0.05, 0) is 24.3 Å². The predicted octanol–water partition coefficient (Wildman–Crippen LogP) is 1.48. The normalized spacial score (nSPS) is 10.7. The smallest absolute Gasteiger partial charge is 0.292 e. The van der Waals surface area contributed by atoms with Crippen LogP contribution < -0.4 is 10.6 Å². The third-order valence-electron chi connectivity index (χ3n) is 4.43. The molecule has 4 rings (SSSR count). The summed E-state index contributed by atoms with van der Waals surface area (Å²) in [5.74, 6) is -2.74. The van der Waals surface area contributed by atoms with Gasteiger partial charge in [-0.1, -0.05) is 11.2 Å². The predicted molar refractivity (Wildman–Crippen MR) is 105 cm³/mol. The Balaban J connectivity index is 1.43. The van der Waals surface area contributed by atoms with Crippen molar-refractivity contribution in [2.75, 3.05) is 13.1 Å². The number of hydrogen-bond donors (Lipinski definition) is 3. The maximum absolute atomic E-state index is 14.5. The van der Waals surface area contributed by atoms with Crippen LogP contribution in [0.2, 0.25) is 0 Å². The van der Waals surface area contributed by atoms with Crippen LogP contribution in [0.25, 0.3) is 22.3 Å². The molecular formula is C20H15FN6O4. The van der Waals surface area contributed by atoms with Gasteiger partial charge >= 0.3 is 0 Å². The Morgan fingerprint density at radius 1 is 1.06 bits per heavy atom. The van der Waals surface area contributed by atoms with Gasteiger partial charge in [0.1, 0.15) is 11.5 Å². The molecule has 10 nitrogen and oxygen atoms in total. The molecule has 0 spiro atoms. The molecule has 0 bridgehead atoms. The third kappa shape index (κ3) is 4.01. The lowest BCUT2D eigenvalue weighted by molar-refractivity contribution is -0.116. The number of aromatic nitrogens is 4. The van der Waals surface area contributed by atoms with Gasteiger partial charge in [0.2, 0.25) is 12.2 Å². The monoisotopic (exact) mass is 422 g/mol. The van der Waals surface area contributed by atoms with Crippen molar-refractivity contribution >= 4 is 28.5 Å². The van der Waals surface area contributed by atoms with Crippen LogP contribution in [0.1, 0.15) is 20.8 Å². The molecule has 0 fully saturated rings. The zero-order valence-electron chi connectivity index (χ0n) is 15.9. The summed E-state index contributed by atoms with van der Waals surface area (Å²) in [6, 6.07) is 7.50. The van der Waals surface area contributed by atoms with Crippen molar-refractivity contribution in [3.05, 3.63) is 66.2 Å². The molecule has 0 saturated carbocycles. The molecular weight excluding hydrogens is 407 g/mol. The van der Waals surface area contributed by atoms with Crippen molar-refractivity contribution in [2.45, 2.75) is 0 Å². The Labute approximate surface area is 173 Å². The number of Topliss-reactive ketones (excluding diaryl/α,β-unsaturated/α-hetero) is 1. The molecule has 0 radical (unpaired) electrons. The molecule has 4 aromatic rings. The summed E-state index contributed by atoms with van der Waals surface area (Å²) in [6.45, 7) is 0.0841. The fourth-order valence-corrected chi connectivity index (χ4v) is 3.00. The largest absolute Gasteiger partial charge is 0.360 e. The van der Waals surface area contributed by atoms with Crippen molar-refractivity contribution in [1.82, 2.24) is 30.7 Å². The summed E-state index contributed by atoms with van der Waals surface area (Å²) < 4.78 is 19.2. The van der Waals surface area contributed by atoms with E-state index in [0.717, 1.165) is 12.5 Å². The fourth-order valence-electron chi connectivity index (χ4n) is 3.00.